The van der Waals surface area contributed by atoms with Crippen molar-refractivity contribution in [3.05, 3.63) is 64.7 Å². The third kappa shape index (κ3) is 5.98. The predicted octanol–water partition coefficient (Wildman–Crippen LogP) is 4.93. The van der Waals surface area contributed by atoms with E-state index in [1.807, 2.05) is 27.7 Å². The normalized spacial score (nSPS) is 12.3. The minimum absolute atomic E-state index is 0.0525. The maximum atomic E-state index is 13.1. The van der Waals surface area contributed by atoms with Gasteiger partial charge in [0.2, 0.25) is 5.91 Å². The molecule has 0 aliphatic heterocycles. The van der Waals surface area contributed by atoms with E-state index >= 15 is 0 Å². The molecular weight excluding hydrogens is 419 g/mol. The minimum Gasteiger partial charge on any atom is -0.366 e. The molecule has 0 aliphatic carbocycles. The van der Waals surface area contributed by atoms with E-state index in [0.29, 0.717) is 11.1 Å². The number of amides is 1. The van der Waals surface area contributed by atoms with Crippen LogP contribution in [0.25, 0.3) is 0 Å². The molecule has 0 heterocycles. The van der Waals surface area contributed by atoms with E-state index in [4.69, 9.17) is 4.18 Å². The number of benzene rings is 2. The van der Waals surface area contributed by atoms with Crippen molar-refractivity contribution >= 4 is 16.2 Å². The zero-order valence-corrected chi connectivity index (χ0v) is 17.9. The molecule has 0 bridgehead atoms. The van der Waals surface area contributed by atoms with Crippen LogP contribution in [-0.4, -0.2) is 14.3 Å². The average molecular weight is 443 g/mol. The van der Waals surface area contributed by atoms with Gasteiger partial charge >= 0.3 is 16.5 Å². The molecule has 164 valence electrons. The van der Waals surface area contributed by atoms with Crippen LogP contribution in [0.1, 0.15) is 61.8 Å². The maximum Gasteiger partial charge on any atom is 0.416 e. The lowest BCUT2D eigenvalue weighted by atomic mass is 9.94. The largest absolute Gasteiger partial charge is 0.416 e. The average Bonchev–Trinajstić information content (AvgIpc) is 2.59. The molecule has 0 saturated heterocycles. The Balaban J connectivity index is 2.26. The van der Waals surface area contributed by atoms with Crippen molar-refractivity contribution < 1.29 is 30.6 Å². The number of rotatable bonds is 7. The molecule has 9 heteroatoms. The number of carbonyl (C=O) groups is 1. The molecular formula is C21H24F3NO4S. The Bertz CT molecular complexity index is 989. The molecule has 0 aliphatic rings. The summed E-state index contributed by atoms with van der Waals surface area (Å²) in [5, 5.41) is 0. The Morgan fingerprint density at radius 1 is 0.967 bits per heavy atom. The second-order valence-corrected chi connectivity index (χ2v) is 8.75. The number of hydrogen-bond acceptors (Lipinski definition) is 4. The summed E-state index contributed by atoms with van der Waals surface area (Å²) >= 11 is 0. The second kappa shape index (κ2) is 9.07. The number of hydrogen-bond donors (Lipinski definition) is 1. The van der Waals surface area contributed by atoms with Gasteiger partial charge in [-0.1, -0.05) is 64.1 Å². The molecule has 30 heavy (non-hydrogen) atoms. The highest BCUT2D eigenvalue weighted by atomic mass is 32.2. The van der Waals surface area contributed by atoms with Gasteiger partial charge in [-0.2, -0.15) is 21.6 Å². The zero-order valence-electron chi connectivity index (χ0n) is 17.1. The van der Waals surface area contributed by atoms with Gasteiger partial charge < -0.3 is 4.18 Å². The van der Waals surface area contributed by atoms with Crippen LogP contribution >= 0.6 is 0 Å². The van der Waals surface area contributed by atoms with E-state index in [9.17, 15) is 26.4 Å². The second-order valence-electron chi connectivity index (χ2n) is 7.47. The molecule has 0 radical (unpaired) electrons. The number of para-hydroxylation sites is 1. The van der Waals surface area contributed by atoms with Gasteiger partial charge in [0.1, 0.15) is 0 Å². The fourth-order valence-corrected chi connectivity index (χ4v) is 3.81. The Morgan fingerprint density at radius 3 is 2.00 bits per heavy atom. The quantitative estimate of drug-likeness (QED) is 0.658. The van der Waals surface area contributed by atoms with Crippen LogP contribution in [0.4, 0.5) is 13.2 Å². The fourth-order valence-electron chi connectivity index (χ4n) is 3.01. The molecule has 2 aromatic carbocycles. The standard InChI is InChI=1S/C21H24F3NO4S/c1-13(2)16-9-7-10-17(14(3)4)20(16)29-30(27,28)25-19(26)12-15-8-5-6-11-18(15)21(22,23)24/h5-11,13-14H,12H2,1-4H3,(H,25,26). The van der Waals surface area contributed by atoms with Crippen molar-refractivity contribution in [3.8, 4) is 5.75 Å². The molecule has 0 saturated carbocycles. The number of alkyl halides is 3. The van der Waals surface area contributed by atoms with E-state index in [1.165, 1.54) is 12.1 Å². The first kappa shape index (κ1) is 23.7. The summed E-state index contributed by atoms with van der Waals surface area (Å²) in [4.78, 5) is 12.2. The highest BCUT2D eigenvalue weighted by Crippen LogP contribution is 2.35. The fraction of sp³-hybridized carbons (Fsp3) is 0.381. The van der Waals surface area contributed by atoms with Gasteiger partial charge in [0.25, 0.3) is 0 Å². The number of carbonyl (C=O) groups excluding carboxylic acids is 1. The third-order valence-corrected chi connectivity index (χ3v) is 5.29. The van der Waals surface area contributed by atoms with E-state index in [2.05, 4.69) is 0 Å². The highest BCUT2D eigenvalue weighted by Gasteiger charge is 2.33. The van der Waals surface area contributed by atoms with Crippen LogP contribution in [0, 0.1) is 0 Å². The molecule has 0 unspecified atom stereocenters. The van der Waals surface area contributed by atoms with Crippen LogP contribution in [0.3, 0.4) is 0 Å². The van der Waals surface area contributed by atoms with Gasteiger partial charge in [0.05, 0.1) is 12.0 Å². The van der Waals surface area contributed by atoms with Crippen LogP contribution < -0.4 is 8.91 Å². The van der Waals surface area contributed by atoms with Gasteiger partial charge in [-0.3, -0.25) is 4.79 Å². The zero-order chi connectivity index (χ0) is 22.7. The first-order chi connectivity index (χ1) is 13.8. The van der Waals surface area contributed by atoms with Gasteiger partial charge in [-0.05, 0) is 34.6 Å². The SMILES string of the molecule is CC(C)c1cccc(C(C)C)c1OS(=O)(=O)NC(=O)Cc1ccccc1C(F)(F)F. The first-order valence-electron chi connectivity index (χ1n) is 9.34. The summed E-state index contributed by atoms with van der Waals surface area (Å²) < 4.78 is 71.1. The number of halogens is 3. The topological polar surface area (TPSA) is 72.5 Å². The van der Waals surface area contributed by atoms with Crippen LogP contribution in [0.15, 0.2) is 42.5 Å². The first-order valence-corrected chi connectivity index (χ1v) is 10.8. The molecule has 5 nitrogen and oxygen atoms in total. The molecule has 0 aromatic heterocycles. The van der Waals surface area contributed by atoms with Gasteiger partial charge in [0.15, 0.2) is 5.75 Å². The Kier molecular flexibility index (Phi) is 7.18. The van der Waals surface area contributed by atoms with Gasteiger partial charge in [-0.15, -0.1) is 0 Å². The van der Waals surface area contributed by atoms with Gasteiger partial charge in [0, 0.05) is 0 Å². The summed E-state index contributed by atoms with van der Waals surface area (Å²) in [5.41, 5.74) is -0.0447. The lowest BCUT2D eigenvalue weighted by molar-refractivity contribution is -0.138. The Hall–Kier alpha value is -2.55. The third-order valence-electron chi connectivity index (χ3n) is 4.43. The van der Waals surface area contributed by atoms with Crippen molar-refractivity contribution in [2.75, 3.05) is 0 Å². The van der Waals surface area contributed by atoms with Crippen molar-refractivity contribution in [2.45, 2.75) is 52.1 Å². The van der Waals surface area contributed by atoms with E-state index in [-0.39, 0.29) is 23.1 Å². The summed E-state index contributed by atoms with van der Waals surface area (Å²) in [7, 11) is -4.60. The molecule has 0 fully saturated rings. The Labute approximate surface area is 174 Å². The maximum absolute atomic E-state index is 13.1. The molecule has 0 spiro atoms. The van der Waals surface area contributed by atoms with Crippen molar-refractivity contribution in [3.63, 3.8) is 0 Å². The summed E-state index contributed by atoms with van der Waals surface area (Å²) in [6.07, 6.45) is -5.42. The molecule has 2 rings (SSSR count). The van der Waals surface area contributed by atoms with Gasteiger partial charge in [-0.25, -0.2) is 4.72 Å². The molecule has 2 aromatic rings. The summed E-state index contributed by atoms with van der Waals surface area (Å²) in [5.74, 6) is -1.11. The monoisotopic (exact) mass is 443 g/mol. The van der Waals surface area contributed by atoms with Crippen LogP contribution in [0.2, 0.25) is 0 Å². The smallest absolute Gasteiger partial charge is 0.366 e. The highest BCUT2D eigenvalue weighted by molar-refractivity contribution is 7.85. The van der Waals surface area contributed by atoms with E-state index in [1.54, 1.807) is 22.9 Å². The van der Waals surface area contributed by atoms with Crippen LogP contribution in [0.5, 0.6) is 5.75 Å². The van der Waals surface area contributed by atoms with E-state index in [0.717, 1.165) is 12.1 Å². The van der Waals surface area contributed by atoms with E-state index < -0.39 is 34.4 Å². The van der Waals surface area contributed by atoms with Crippen LogP contribution in [-0.2, 0) is 27.7 Å². The van der Waals surface area contributed by atoms with Crippen molar-refractivity contribution in [2.24, 2.45) is 0 Å². The summed E-state index contributed by atoms with van der Waals surface area (Å²) in [6, 6.07) is 9.74. The number of nitrogens with one attached hydrogen (secondary N) is 1. The lowest BCUT2D eigenvalue weighted by Crippen LogP contribution is -2.35. The predicted molar refractivity (Wildman–Crippen MR) is 107 cm³/mol. The van der Waals surface area contributed by atoms with Crippen molar-refractivity contribution in [1.29, 1.82) is 0 Å². The molecule has 0 atom stereocenters. The summed E-state index contributed by atoms with van der Waals surface area (Å²) in [6.45, 7) is 7.47. The molecule has 1 amide bonds. The lowest BCUT2D eigenvalue weighted by Gasteiger charge is -2.19. The minimum atomic E-state index is -4.66. The van der Waals surface area contributed by atoms with Crippen molar-refractivity contribution in [1.82, 2.24) is 4.72 Å². The molecule has 1 N–H and O–H groups in total. The Morgan fingerprint density at radius 2 is 1.50 bits per heavy atom.